The Morgan fingerprint density at radius 3 is 2.11 bits per heavy atom. The molecule has 0 fully saturated rings. The fourth-order valence-corrected chi connectivity index (χ4v) is 7.05. The van der Waals surface area contributed by atoms with Crippen molar-refractivity contribution in [3.63, 3.8) is 0 Å². The number of furan rings is 1. The van der Waals surface area contributed by atoms with Crippen molar-refractivity contribution in [2.75, 3.05) is 4.90 Å². The van der Waals surface area contributed by atoms with Crippen LogP contribution in [0.25, 0.3) is 50.3 Å². The standard InChI is InChI=1S/C39H24N5O/c1-3-12-24(13-4-1)37-40-38(25-14-5-2-6-15-25)42-39(41-37)43-30-18-8-9-19-31(30)44-34-27(17-11-20-32(34)43)28-22-23-29-26-16-7-10-21-33(26)45-36(29)35(28)44/h1-23,34H/q+1. The van der Waals surface area contributed by atoms with E-state index < -0.39 is 0 Å². The van der Waals surface area contributed by atoms with Gasteiger partial charge >= 0.3 is 5.95 Å². The van der Waals surface area contributed by atoms with Crippen LogP contribution in [0, 0.1) is 0 Å². The quantitative estimate of drug-likeness (QED) is 0.196. The van der Waals surface area contributed by atoms with E-state index in [1.165, 1.54) is 11.1 Å². The van der Waals surface area contributed by atoms with Gasteiger partial charge in [-0.05, 0) is 70.1 Å². The van der Waals surface area contributed by atoms with Gasteiger partial charge in [0.1, 0.15) is 23.0 Å². The molecule has 3 aliphatic rings. The lowest BCUT2D eigenvalue weighted by atomic mass is 9.92. The van der Waals surface area contributed by atoms with Crippen LogP contribution in [0.5, 0.6) is 0 Å². The Labute approximate surface area is 258 Å². The Kier molecular flexibility index (Phi) is 4.96. The van der Waals surface area contributed by atoms with Crippen molar-refractivity contribution in [1.82, 2.24) is 19.5 Å². The molecule has 2 aromatic heterocycles. The first kappa shape index (κ1) is 24.3. The number of hydrogen-bond donors (Lipinski definition) is 0. The predicted octanol–water partition coefficient (Wildman–Crippen LogP) is 8.87. The topological polar surface area (TPSA) is 58.1 Å². The van der Waals surface area contributed by atoms with E-state index in [-0.39, 0.29) is 6.04 Å². The third-order valence-electron chi connectivity index (χ3n) is 8.98. The van der Waals surface area contributed by atoms with E-state index in [9.17, 15) is 0 Å². The molecule has 0 bridgehead atoms. The third kappa shape index (κ3) is 3.45. The molecule has 0 spiro atoms. The minimum absolute atomic E-state index is 0.0733. The van der Waals surface area contributed by atoms with Crippen LogP contribution in [-0.4, -0.2) is 26.7 Å². The van der Waals surface area contributed by atoms with Gasteiger partial charge in [-0.2, -0.15) is 9.56 Å². The number of hydrogen-bond acceptors (Lipinski definition) is 5. The monoisotopic (exact) mass is 578 g/mol. The first-order chi connectivity index (χ1) is 22.3. The number of fused-ring (bicyclic) bond motifs is 9. The van der Waals surface area contributed by atoms with Crippen molar-refractivity contribution in [2.24, 2.45) is 0 Å². The van der Waals surface area contributed by atoms with Crippen molar-refractivity contribution in [2.45, 2.75) is 6.04 Å². The molecule has 1 unspecified atom stereocenters. The molecule has 0 N–H and O–H groups in total. The molecule has 4 heterocycles. The van der Waals surface area contributed by atoms with E-state index in [0.717, 1.165) is 55.8 Å². The van der Waals surface area contributed by atoms with Gasteiger partial charge in [-0.15, -0.1) is 0 Å². The Morgan fingerprint density at radius 2 is 1.33 bits per heavy atom. The summed E-state index contributed by atoms with van der Waals surface area (Å²) in [6, 6.07) is 41.4. The molecule has 0 amide bonds. The highest BCUT2D eigenvalue weighted by atomic mass is 16.3. The summed E-state index contributed by atoms with van der Waals surface area (Å²) in [5.74, 6) is 1.85. The second kappa shape index (κ2) is 9.18. The molecule has 0 saturated carbocycles. The van der Waals surface area contributed by atoms with Gasteiger partial charge in [-0.25, -0.2) is 0 Å². The number of allylic oxidation sites excluding steroid dienone is 2. The van der Waals surface area contributed by atoms with E-state index in [0.29, 0.717) is 17.6 Å². The number of aromatic nitrogens is 3. The van der Waals surface area contributed by atoms with Gasteiger partial charge in [0.15, 0.2) is 5.58 Å². The normalized spacial score (nSPS) is 16.1. The summed E-state index contributed by atoms with van der Waals surface area (Å²) in [6.45, 7) is 0. The Hall–Kier alpha value is -6.14. The first-order valence-corrected chi connectivity index (χ1v) is 15.1. The fourth-order valence-electron chi connectivity index (χ4n) is 7.05. The molecule has 2 aliphatic heterocycles. The molecule has 0 radical (unpaired) electrons. The van der Waals surface area contributed by atoms with E-state index in [1.54, 1.807) is 0 Å². The molecule has 7 aromatic rings. The summed E-state index contributed by atoms with van der Waals surface area (Å²) < 4.78 is 8.81. The molecule has 10 rings (SSSR count). The predicted molar refractivity (Wildman–Crippen MR) is 180 cm³/mol. The molecule has 1 aliphatic carbocycles. The van der Waals surface area contributed by atoms with Crippen molar-refractivity contribution < 1.29 is 4.42 Å². The van der Waals surface area contributed by atoms with Gasteiger partial charge in [0.05, 0.1) is 11.4 Å². The van der Waals surface area contributed by atoms with E-state index in [2.05, 4.69) is 76.2 Å². The highest BCUT2D eigenvalue weighted by Gasteiger charge is 2.47. The minimum atomic E-state index is -0.0733. The van der Waals surface area contributed by atoms with Crippen molar-refractivity contribution >= 4 is 56.2 Å². The highest BCUT2D eigenvalue weighted by Crippen LogP contribution is 2.55. The average molecular weight is 579 g/mol. The molecule has 45 heavy (non-hydrogen) atoms. The molecule has 5 aromatic carbocycles. The van der Waals surface area contributed by atoms with Crippen LogP contribution < -0.4 is 9.48 Å². The van der Waals surface area contributed by atoms with Gasteiger partial charge in [-0.1, -0.05) is 84.9 Å². The first-order valence-electron chi connectivity index (χ1n) is 15.1. The molecule has 210 valence electrons. The van der Waals surface area contributed by atoms with Crippen LogP contribution in [0.1, 0.15) is 5.56 Å². The molecule has 1 atom stereocenters. The SMILES string of the molecule is C1=CC2=[N+](c3nc(-c4ccccc4)nc(-c4ccccc4)n3)c3ccccc3N3c4c(ccc5c4oc4ccccc45)C(=C1)C23. The third-order valence-corrected chi connectivity index (χ3v) is 8.98. The zero-order valence-corrected chi connectivity index (χ0v) is 24.0. The van der Waals surface area contributed by atoms with Gasteiger partial charge in [0.2, 0.25) is 11.6 Å². The van der Waals surface area contributed by atoms with Crippen LogP contribution in [-0.2, 0) is 0 Å². The van der Waals surface area contributed by atoms with E-state index in [1.807, 2.05) is 72.8 Å². The second-order valence-corrected chi connectivity index (χ2v) is 11.5. The lowest BCUT2D eigenvalue weighted by Gasteiger charge is -2.35. The maximum atomic E-state index is 6.60. The summed E-state index contributed by atoms with van der Waals surface area (Å²) in [7, 11) is 0. The highest BCUT2D eigenvalue weighted by molar-refractivity contribution is 6.24. The number of nitrogens with zero attached hydrogens (tertiary/aromatic N) is 5. The summed E-state index contributed by atoms with van der Waals surface area (Å²) in [5.41, 5.74) is 10.3. The summed E-state index contributed by atoms with van der Waals surface area (Å²) in [5, 5.41) is 2.25. The number of para-hydroxylation sites is 3. The number of anilines is 2. The van der Waals surface area contributed by atoms with Crippen LogP contribution in [0.2, 0.25) is 0 Å². The molecule has 0 saturated heterocycles. The smallest absolute Gasteiger partial charge is 0.442 e. The van der Waals surface area contributed by atoms with Crippen molar-refractivity contribution in [3.05, 3.63) is 145 Å². The number of benzene rings is 5. The summed E-state index contributed by atoms with van der Waals surface area (Å²) in [6.07, 6.45) is 6.55. The van der Waals surface area contributed by atoms with Crippen molar-refractivity contribution in [3.8, 4) is 22.8 Å². The molecular weight excluding hydrogens is 554 g/mol. The zero-order valence-electron chi connectivity index (χ0n) is 24.0. The second-order valence-electron chi connectivity index (χ2n) is 11.5. The molecular formula is C39H24N5O+. The molecule has 6 nitrogen and oxygen atoms in total. The van der Waals surface area contributed by atoms with Crippen LogP contribution >= 0.6 is 0 Å². The minimum Gasteiger partial charge on any atom is -0.454 e. The maximum Gasteiger partial charge on any atom is 0.442 e. The van der Waals surface area contributed by atoms with Gasteiger partial charge < -0.3 is 9.32 Å². The van der Waals surface area contributed by atoms with Crippen LogP contribution in [0.15, 0.2) is 144 Å². The largest absolute Gasteiger partial charge is 0.454 e. The lowest BCUT2D eigenvalue weighted by Crippen LogP contribution is -2.43. The lowest BCUT2D eigenvalue weighted by molar-refractivity contribution is 0.668. The van der Waals surface area contributed by atoms with Crippen molar-refractivity contribution in [1.29, 1.82) is 0 Å². The summed E-state index contributed by atoms with van der Waals surface area (Å²) in [4.78, 5) is 17.7. The van der Waals surface area contributed by atoms with E-state index in [4.69, 9.17) is 19.4 Å². The van der Waals surface area contributed by atoms with E-state index >= 15 is 0 Å². The number of rotatable bonds is 3. The Balaban J connectivity index is 1.26. The van der Waals surface area contributed by atoms with Gasteiger partial charge in [0, 0.05) is 27.5 Å². The zero-order chi connectivity index (χ0) is 29.5. The fraction of sp³-hybridized carbons (Fsp3) is 0.0256. The van der Waals surface area contributed by atoms with Crippen LogP contribution in [0.4, 0.5) is 23.0 Å². The molecule has 6 heteroatoms. The van der Waals surface area contributed by atoms with Gasteiger partial charge in [0.25, 0.3) is 0 Å². The van der Waals surface area contributed by atoms with Gasteiger partial charge in [-0.3, -0.25) is 0 Å². The Morgan fingerprint density at radius 1 is 0.644 bits per heavy atom. The Bertz CT molecular complexity index is 2380. The summed E-state index contributed by atoms with van der Waals surface area (Å²) >= 11 is 0. The maximum absolute atomic E-state index is 6.60. The average Bonchev–Trinajstić information content (AvgIpc) is 3.66. The van der Waals surface area contributed by atoms with Crippen LogP contribution in [0.3, 0.4) is 0 Å².